The molecule has 5 amide bonds. The molecule has 0 aliphatic rings. The molecule has 198 valence electrons. The van der Waals surface area contributed by atoms with Gasteiger partial charge in [0.05, 0.1) is 19.1 Å². The maximum Gasteiger partial charge on any atom is 0.326 e. The third-order valence-electron chi connectivity index (χ3n) is 4.45. The van der Waals surface area contributed by atoms with Crippen molar-refractivity contribution < 1.29 is 39.0 Å². The van der Waals surface area contributed by atoms with Crippen LogP contribution >= 0.6 is 0 Å². The lowest BCUT2D eigenvalue weighted by Crippen LogP contribution is -2.58. The summed E-state index contributed by atoms with van der Waals surface area (Å²) >= 11 is 0. The topological polar surface area (TPSA) is 321 Å². The summed E-state index contributed by atoms with van der Waals surface area (Å²) in [7, 11) is 0. The van der Waals surface area contributed by atoms with Gasteiger partial charge in [0.2, 0.25) is 29.5 Å². The average Bonchev–Trinajstić information content (AvgIpc) is 2.76. The van der Waals surface area contributed by atoms with Crippen LogP contribution in [0.15, 0.2) is 4.99 Å². The van der Waals surface area contributed by atoms with Gasteiger partial charge in [-0.15, -0.1) is 0 Å². The molecule has 0 heterocycles. The summed E-state index contributed by atoms with van der Waals surface area (Å²) in [6.45, 7) is -0.828. The van der Waals surface area contributed by atoms with Crippen molar-refractivity contribution in [2.75, 3.05) is 13.2 Å². The minimum absolute atomic E-state index is 0.0620. The normalized spacial score (nSPS) is 13.9. The summed E-state index contributed by atoms with van der Waals surface area (Å²) in [5.74, 6) is -6.26. The van der Waals surface area contributed by atoms with Crippen LogP contribution in [0.1, 0.15) is 32.1 Å². The standard InChI is InChI=1S/C18H33N9O8/c19-8(3-4-12(20)29)14(31)26-10(6-13(21)30)15(32)27-11(7-28)16(33)25-9(17(34)35)2-1-5-24-18(22)23/h8-11,28H,1-7,19H2,(H2,20,29)(H2,21,30)(H,25,33)(H,26,31)(H,27,32)(H,34,35)(H4,22,23,24). The van der Waals surface area contributed by atoms with Crippen molar-refractivity contribution in [1.29, 1.82) is 0 Å². The van der Waals surface area contributed by atoms with Crippen LogP contribution in [0.25, 0.3) is 0 Å². The van der Waals surface area contributed by atoms with Crippen LogP contribution in [-0.4, -0.2) is 89.0 Å². The van der Waals surface area contributed by atoms with Gasteiger partial charge in [-0.1, -0.05) is 0 Å². The third kappa shape index (κ3) is 13.3. The monoisotopic (exact) mass is 503 g/mol. The molecule has 4 unspecified atom stereocenters. The number of aliphatic carboxylic acids is 1. The van der Waals surface area contributed by atoms with Gasteiger partial charge >= 0.3 is 5.97 Å². The second-order valence-electron chi connectivity index (χ2n) is 7.44. The van der Waals surface area contributed by atoms with Crippen LogP contribution in [0.3, 0.4) is 0 Å². The average molecular weight is 504 g/mol. The molecule has 0 spiro atoms. The molecule has 0 saturated carbocycles. The minimum atomic E-state index is -1.63. The predicted molar refractivity (Wildman–Crippen MR) is 121 cm³/mol. The molecule has 4 atom stereocenters. The van der Waals surface area contributed by atoms with Crippen LogP contribution in [0.4, 0.5) is 0 Å². The fourth-order valence-electron chi connectivity index (χ4n) is 2.62. The molecule has 0 rings (SSSR count). The lowest BCUT2D eigenvalue weighted by atomic mass is 10.1. The molecule has 0 radical (unpaired) electrons. The number of rotatable bonds is 17. The molecule has 15 N–H and O–H groups in total. The second-order valence-corrected chi connectivity index (χ2v) is 7.44. The van der Waals surface area contributed by atoms with E-state index in [1.807, 2.05) is 0 Å². The summed E-state index contributed by atoms with van der Waals surface area (Å²) in [6.07, 6.45) is -0.873. The van der Waals surface area contributed by atoms with Crippen LogP contribution in [0.2, 0.25) is 0 Å². The Labute approximate surface area is 200 Å². The van der Waals surface area contributed by atoms with E-state index in [-0.39, 0.29) is 38.2 Å². The molecule has 0 fully saturated rings. The molecule has 0 aromatic rings. The van der Waals surface area contributed by atoms with E-state index in [4.69, 9.17) is 28.7 Å². The Morgan fingerprint density at radius 3 is 1.80 bits per heavy atom. The van der Waals surface area contributed by atoms with E-state index in [0.717, 1.165) is 0 Å². The van der Waals surface area contributed by atoms with Gasteiger partial charge in [0.25, 0.3) is 0 Å². The third-order valence-corrected chi connectivity index (χ3v) is 4.45. The van der Waals surface area contributed by atoms with Crippen LogP contribution in [0.5, 0.6) is 0 Å². The highest BCUT2D eigenvalue weighted by Gasteiger charge is 2.30. The number of aliphatic hydroxyl groups excluding tert-OH is 1. The predicted octanol–water partition coefficient (Wildman–Crippen LogP) is -5.96. The lowest BCUT2D eigenvalue weighted by molar-refractivity contribution is -0.143. The number of nitrogens with two attached hydrogens (primary N) is 5. The Morgan fingerprint density at radius 1 is 0.771 bits per heavy atom. The highest BCUT2D eigenvalue weighted by Crippen LogP contribution is 2.02. The van der Waals surface area contributed by atoms with Crippen molar-refractivity contribution in [2.24, 2.45) is 33.7 Å². The van der Waals surface area contributed by atoms with Crippen molar-refractivity contribution in [3.8, 4) is 0 Å². The number of aliphatic hydroxyl groups is 1. The van der Waals surface area contributed by atoms with Crippen LogP contribution in [-0.2, 0) is 28.8 Å². The van der Waals surface area contributed by atoms with Gasteiger partial charge in [0.1, 0.15) is 18.1 Å². The highest BCUT2D eigenvalue weighted by molar-refractivity contribution is 5.96. The smallest absolute Gasteiger partial charge is 0.326 e. The number of carbonyl (C=O) groups is 6. The number of nitrogens with one attached hydrogen (secondary N) is 3. The number of amides is 5. The second kappa shape index (κ2) is 15.8. The van der Waals surface area contributed by atoms with E-state index in [1.165, 1.54) is 0 Å². The fraction of sp³-hybridized carbons (Fsp3) is 0.611. The molecule has 0 aromatic heterocycles. The van der Waals surface area contributed by atoms with Crippen molar-refractivity contribution in [1.82, 2.24) is 16.0 Å². The summed E-state index contributed by atoms with van der Waals surface area (Å²) in [5.41, 5.74) is 26.1. The van der Waals surface area contributed by atoms with E-state index in [0.29, 0.717) is 0 Å². The number of primary amides is 2. The zero-order chi connectivity index (χ0) is 27.1. The van der Waals surface area contributed by atoms with Crippen molar-refractivity contribution >= 4 is 41.5 Å². The fourth-order valence-corrected chi connectivity index (χ4v) is 2.62. The molecule has 0 saturated heterocycles. The SMILES string of the molecule is NC(=O)CCC(N)C(=O)NC(CC(N)=O)C(=O)NC(CO)C(=O)NC(CCCN=C(N)N)C(=O)O. The number of aliphatic imine (C=N–C) groups is 1. The number of hydrogen-bond acceptors (Lipinski definition) is 9. The molecule has 35 heavy (non-hydrogen) atoms. The van der Waals surface area contributed by atoms with Crippen molar-refractivity contribution in [3.05, 3.63) is 0 Å². The summed E-state index contributed by atoms with van der Waals surface area (Å²) in [6, 6.07) is -5.82. The van der Waals surface area contributed by atoms with Gasteiger partial charge in [0, 0.05) is 13.0 Å². The van der Waals surface area contributed by atoms with E-state index < -0.39 is 72.7 Å². The first-order valence-electron chi connectivity index (χ1n) is 10.4. The quantitative estimate of drug-likeness (QED) is 0.0505. The van der Waals surface area contributed by atoms with Crippen LogP contribution < -0.4 is 44.6 Å². The Bertz CT molecular complexity index is 816. The number of carbonyl (C=O) groups excluding carboxylic acids is 5. The summed E-state index contributed by atoms with van der Waals surface area (Å²) < 4.78 is 0. The minimum Gasteiger partial charge on any atom is -0.480 e. The van der Waals surface area contributed by atoms with Crippen molar-refractivity contribution in [2.45, 2.75) is 56.3 Å². The first-order valence-corrected chi connectivity index (χ1v) is 10.4. The maximum absolute atomic E-state index is 12.6. The molecule has 17 heteroatoms. The molecule has 0 aliphatic heterocycles. The number of carboxylic acids is 1. The van der Waals surface area contributed by atoms with Gasteiger partial charge in [-0.3, -0.25) is 29.0 Å². The van der Waals surface area contributed by atoms with Crippen LogP contribution in [0, 0.1) is 0 Å². The maximum atomic E-state index is 12.6. The number of hydrogen-bond donors (Lipinski definition) is 10. The molecule has 17 nitrogen and oxygen atoms in total. The molecule has 0 aliphatic carbocycles. The first kappa shape index (κ1) is 31.0. The number of guanidine groups is 1. The lowest BCUT2D eigenvalue weighted by Gasteiger charge is -2.23. The Morgan fingerprint density at radius 2 is 1.31 bits per heavy atom. The largest absolute Gasteiger partial charge is 0.480 e. The summed E-state index contributed by atoms with van der Waals surface area (Å²) in [4.78, 5) is 74.5. The number of carboxylic acid groups (broad SMARTS) is 1. The molecular weight excluding hydrogens is 470 g/mol. The van der Waals surface area contributed by atoms with Gasteiger partial charge in [0.15, 0.2) is 5.96 Å². The highest BCUT2D eigenvalue weighted by atomic mass is 16.4. The Balaban J connectivity index is 5.20. The number of nitrogens with zero attached hydrogens (tertiary/aromatic N) is 1. The Kier molecular flexibility index (Phi) is 14.0. The first-order chi connectivity index (χ1) is 16.3. The summed E-state index contributed by atoms with van der Waals surface area (Å²) in [5, 5.41) is 25.3. The van der Waals surface area contributed by atoms with Gasteiger partial charge in [-0.25, -0.2) is 4.79 Å². The molecule has 0 bridgehead atoms. The van der Waals surface area contributed by atoms with E-state index in [2.05, 4.69) is 20.9 Å². The van der Waals surface area contributed by atoms with Crippen molar-refractivity contribution in [3.63, 3.8) is 0 Å². The molecule has 0 aromatic carbocycles. The van der Waals surface area contributed by atoms with Gasteiger partial charge in [-0.05, 0) is 19.3 Å². The Hall–Kier alpha value is -3.99. The van der Waals surface area contributed by atoms with E-state index in [1.54, 1.807) is 0 Å². The van der Waals surface area contributed by atoms with Gasteiger partial charge in [-0.2, -0.15) is 0 Å². The zero-order valence-corrected chi connectivity index (χ0v) is 18.9. The molecular formula is C18H33N9O8. The zero-order valence-electron chi connectivity index (χ0n) is 18.9. The van der Waals surface area contributed by atoms with E-state index in [9.17, 15) is 39.0 Å². The van der Waals surface area contributed by atoms with Gasteiger partial charge < -0.3 is 54.8 Å². The van der Waals surface area contributed by atoms with E-state index >= 15 is 0 Å².